The van der Waals surface area contributed by atoms with Gasteiger partial charge in [-0.25, -0.2) is 8.78 Å². The maximum Gasteiger partial charge on any atom is 0.277 e. The summed E-state index contributed by atoms with van der Waals surface area (Å²) in [6.07, 6.45) is 4.29. The highest BCUT2D eigenvalue weighted by molar-refractivity contribution is 6.30. The monoisotopic (exact) mass is 466 g/mol. The Hall–Kier alpha value is -3.40. The van der Waals surface area contributed by atoms with E-state index in [0.29, 0.717) is 19.4 Å². The molecule has 3 rings (SSSR count). The van der Waals surface area contributed by atoms with E-state index in [-0.39, 0.29) is 24.5 Å². The number of nitrogens with zero attached hydrogens (tertiary/aromatic N) is 3. The van der Waals surface area contributed by atoms with Crippen molar-refractivity contribution < 1.29 is 23.5 Å². The fraction of sp³-hybridized carbons (Fsp3) is 0.286. The van der Waals surface area contributed by atoms with E-state index < -0.39 is 45.2 Å². The first kappa shape index (κ1) is 23.3. The summed E-state index contributed by atoms with van der Waals surface area (Å²) in [5.41, 5.74) is -1.82. The molecule has 32 heavy (non-hydrogen) atoms. The van der Waals surface area contributed by atoms with Crippen LogP contribution in [0.4, 0.5) is 8.78 Å². The van der Waals surface area contributed by atoms with E-state index >= 15 is 0 Å². The van der Waals surface area contributed by atoms with Gasteiger partial charge in [0.1, 0.15) is 28.9 Å². The maximum absolute atomic E-state index is 14.1. The number of benzene rings is 1. The number of pyridine rings is 1. The van der Waals surface area contributed by atoms with Crippen molar-refractivity contribution in [2.24, 2.45) is 0 Å². The summed E-state index contributed by atoms with van der Waals surface area (Å²) in [5.74, 6) is -4.31. The lowest BCUT2D eigenvalue weighted by molar-refractivity contribution is 0.0731. The number of aromatic nitrogens is 1. The molecule has 1 aliphatic heterocycles. The number of aromatic hydroxyl groups is 1. The third kappa shape index (κ3) is 4.31. The van der Waals surface area contributed by atoms with Gasteiger partial charge in [-0.15, -0.1) is 6.58 Å². The molecule has 1 aliphatic rings. The van der Waals surface area contributed by atoms with Crippen molar-refractivity contribution >= 4 is 23.4 Å². The number of amides is 2. The van der Waals surface area contributed by atoms with E-state index in [2.05, 4.69) is 11.9 Å². The smallest absolute Gasteiger partial charge is 0.277 e. The van der Waals surface area contributed by atoms with Gasteiger partial charge < -0.3 is 15.3 Å². The van der Waals surface area contributed by atoms with Gasteiger partial charge in [0, 0.05) is 31.9 Å². The van der Waals surface area contributed by atoms with Gasteiger partial charge in [0.05, 0.1) is 0 Å². The number of carbonyl (C=O) groups excluding carboxylic acids is 2. The van der Waals surface area contributed by atoms with Gasteiger partial charge in [0.15, 0.2) is 11.4 Å². The van der Waals surface area contributed by atoms with Gasteiger partial charge in [-0.2, -0.15) is 0 Å². The van der Waals surface area contributed by atoms with E-state index in [1.54, 1.807) is 11.1 Å². The van der Waals surface area contributed by atoms with Crippen LogP contribution in [-0.2, 0) is 6.54 Å². The number of rotatable bonds is 7. The number of carbonyl (C=O) groups is 2. The predicted molar refractivity (Wildman–Crippen MR) is 114 cm³/mol. The molecule has 2 amide bonds. The van der Waals surface area contributed by atoms with E-state index in [4.69, 9.17) is 11.6 Å². The fourth-order valence-electron chi connectivity index (χ4n) is 3.30. The van der Waals surface area contributed by atoms with Gasteiger partial charge >= 0.3 is 0 Å². The Morgan fingerprint density at radius 2 is 2.06 bits per heavy atom. The predicted octanol–water partition coefficient (Wildman–Crippen LogP) is 2.36. The van der Waals surface area contributed by atoms with E-state index in [0.717, 1.165) is 12.1 Å². The van der Waals surface area contributed by atoms with Crippen LogP contribution in [0.15, 0.2) is 35.8 Å². The van der Waals surface area contributed by atoms with Crippen LogP contribution in [0, 0.1) is 11.6 Å². The van der Waals surface area contributed by atoms with E-state index in [1.807, 2.05) is 0 Å². The Morgan fingerprint density at radius 3 is 2.75 bits per heavy atom. The summed E-state index contributed by atoms with van der Waals surface area (Å²) < 4.78 is 28.7. The molecule has 0 saturated carbocycles. The molecule has 170 valence electrons. The Labute approximate surface area is 187 Å². The number of hydrogen-bond acceptors (Lipinski definition) is 5. The van der Waals surface area contributed by atoms with Crippen molar-refractivity contribution in [2.45, 2.75) is 19.4 Å². The third-order valence-corrected chi connectivity index (χ3v) is 5.36. The number of allylic oxidation sites excluding steroid dienone is 1. The second-order valence-electron chi connectivity index (χ2n) is 7.24. The molecule has 0 bridgehead atoms. The molecule has 11 heteroatoms. The SMILES string of the molecule is C=CCCCN1CN(C)C(=O)c2c(O)c(=O)c(C(=O)NCc3ccc(F)c(Cl)c3F)cn21. The maximum atomic E-state index is 14.1. The van der Waals surface area contributed by atoms with Gasteiger partial charge in [-0.3, -0.25) is 24.1 Å². The molecule has 0 fully saturated rings. The fourth-order valence-corrected chi connectivity index (χ4v) is 3.49. The van der Waals surface area contributed by atoms with Crippen molar-refractivity contribution in [1.82, 2.24) is 14.9 Å². The van der Waals surface area contributed by atoms with Crippen LogP contribution in [-0.4, -0.2) is 46.8 Å². The van der Waals surface area contributed by atoms with Crippen molar-refractivity contribution in [3.63, 3.8) is 0 Å². The molecule has 0 atom stereocenters. The molecule has 0 saturated heterocycles. The number of nitrogens with one attached hydrogen (secondary N) is 1. The van der Waals surface area contributed by atoms with Gasteiger partial charge in [-0.1, -0.05) is 23.7 Å². The molecular weight excluding hydrogens is 446 g/mol. The molecule has 0 radical (unpaired) electrons. The highest BCUT2D eigenvalue weighted by Crippen LogP contribution is 2.23. The van der Waals surface area contributed by atoms with Crippen LogP contribution < -0.4 is 15.8 Å². The summed E-state index contributed by atoms with van der Waals surface area (Å²) in [7, 11) is 1.53. The lowest BCUT2D eigenvalue weighted by Gasteiger charge is -2.38. The summed E-state index contributed by atoms with van der Waals surface area (Å²) in [6, 6.07) is 2.07. The molecule has 2 heterocycles. The highest BCUT2D eigenvalue weighted by Gasteiger charge is 2.32. The molecule has 2 aromatic rings. The largest absolute Gasteiger partial charge is 0.502 e. The lowest BCUT2D eigenvalue weighted by Crippen LogP contribution is -2.53. The van der Waals surface area contributed by atoms with Crippen LogP contribution in [0.1, 0.15) is 39.3 Å². The van der Waals surface area contributed by atoms with Crippen LogP contribution >= 0.6 is 11.6 Å². The summed E-state index contributed by atoms with van der Waals surface area (Å²) >= 11 is 5.54. The summed E-state index contributed by atoms with van der Waals surface area (Å²) in [6.45, 7) is 3.91. The van der Waals surface area contributed by atoms with E-state index in [1.165, 1.54) is 22.8 Å². The third-order valence-electron chi connectivity index (χ3n) is 5.02. The standard InChI is InChI=1S/C21H21ClF2N4O4/c1-3-4-5-8-27-11-26(2)21(32)17-19(30)18(29)13(10-28(17)27)20(31)25-9-12-6-7-14(23)15(22)16(12)24/h3,6-7,10,30H,1,4-5,8-9,11H2,2H3,(H,25,31). The number of halogens is 3. The number of fused-ring (bicyclic) bond motifs is 1. The first-order valence-electron chi connectivity index (χ1n) is 9.68. The van der Waals surface area contributed by atoms with Crippen molar-refractivity contribution in [2.75, 3.05) is 25.3 Å². The average Bonchev–Trinajstić information content (AvgIpc) is 2.76. The molecule has 0 unspecified atom stereocenters. The molecule has 8 nitrogen and oxygen atoms in total. The number of hydrogen-bond donors (Lipinski definition) is 2. The van der Waals surface area contributed by atoms with Gasteiger partial charge in [-0.05, 0) is 18.9 Å². The Bertz CT molecular complexity index is 1150. The van der Waals surface area contributed by atoms with Crippen molar-refractivity contribution in [3.05, 3.63) is 74.7 Å². The zero-order valence-electron chi connectivity index (χ0n) is 17.2. The molecule has 0 spiro atoms. The summed E-state index contributed by atoms with van der Waals surface area (Å²) in [4.78, 5) is 39.1. The van der Waals surface area contributed by atoms with Crippen LogP contribution in [0.2, 0.25) is 5.02 Å². The van der Waals surface area contributed by atoms with Crippen LogP contribution in [0.25, 0.3) is 0 Å². The first-order valence-corrected chi connectivity index (χ1v) is 10.1. The minimum Gasteiger partial charge on any atom is -0.502 e. The minimum absolute atomic E-state index is 0.0881. The molecule has 1 aromatic carbocycles. The van der Waals surface area contributed by atoms with E-state index in [9.17, 15) is 28.3 Å². The Morgan fingerprint density at radius 1 is 1.34 bits per heavy atom. The topological polar surface area (TPSA) is 94.9 Å². The Kier molecular flexibility index (Phi) is 6.83. The van der Waals surface area contributed by atoms with Crippen molar-refractivity contribution in [1.29, 1.82) is 0 Å². The Balaban J connectivity index is 1.93. The molecule has 0 aliphatic carbocycles. The average molecular weight is 467 g/mol. The first-order chi connectivity index (χ1) is 15.2. The number of unbranched alkanes of at least 4 members (excludes halogenated alkanes) is 1. The normalized spacial score (nSPS) is 13.2. The highest BCUT2D eigenvalue weighted by atomic mass is 35.5. The zero-order valence-corrected chi connectivity index (χ0v) is 18.0. The zero-order chi connectivity index (χ0) is 23.6. The van der Waals surface area contributed by atoms with Crippen LogP contribution in [0.3, 0.4) is 0 Å². The molecule has 1 aromatic heterocycles. The van der Waals surface area contributed by atoms with Crippen LogP contribution in [0.5, 0.6) is 5.75 Å². The quantitative estimate of drug-likeness (QED) is 0.371. The molecule has 2 N–H and O–H groups in total. The second-order valence-corrected chi connectivity index (χ2v) is 7.61. The molecular formula is C21H21ClF2N4O4. The minimum atomic E-state index is -1.04. The lowest BCUT2D eigenvalue weighted by atomic mass is 10.1. The van der Waals surface area contributed by atoms with Gasteiger partial charge in [0.2, 0.25) is 5.43 Å². The summed E-state index contributed by atoms with van der Waals surface area (Å²) in [5, 5.41) is 13.8. The van der Waals surface area contributed by atoms with Gasteiger partial charge in [0.25, 0.3) is 11.8 Å². The second kappa shape index (κ2) is 9.39. The van der Waals surface area contributed by atoms with Crippen molar-refractivity contribution in [3.8, 4) is 5.75 Å².